The van der Waals surface area contributed by atoms with Gasteiger partial charge in [0, 0.05) is 54.8 Å². The van der Waals surface area contributed by atoms with E-state index in [1.165, 1.54) is 12.3 Å². The highest BCUT2D eigenvalue weighted by atomic mass is 19.1. The molecule has 3 aromatic rings. The lowest BCUT2D eigenvalue weighted by Gasteiger charge is -2.29. The third-order valence-corrected chi connectivity index (χ3v) is 5.40. The van der Waals surface area contributed by atoms with E-state index in [2.05, 4.69) is 19.9 Å². The van der Waals surface area contributed by atoms with Crippen molar-refractivity contribution in [1.82, 2.24) is 19.9 Å². The van der Waals surface area contributed by atoms with Crippen LogP contribution in [0.15, 0.2) is 30.6 Å². The third-order valence-electron chi connectivity index (χ3n) is 5.40. The van der Waals surface area contributed by atoms with Crippen molar-refractivity contribution in [2.75, 3.05) is 37.7 Å². The van der Waals surface area contributed by atoms with Crippen LogP contribution >= 0.6 is 0 Å². The number of halogens is 1. The van der Waals surface area contributed by atoms with Crippen molar-refractivity contribution in [3.8, 4) is 0 Å². The first-order valence-electron chi connectivity index (χ1n) is 9.42. The van der Waals surface area contributed by atoms with Crippen LogP contribution in [0.1, 0.15) is 21.7 Å². The number of anilines is 1. The van der Waals surface area contributed by atoms with Crippen LogP contribution in [0.4, 0.5) is 10.2 Å². The molecule has 8 heteroatoms. The zero-order valence-electron chi connectivity index (χ0n) is 15.3. The summed E-state index contributed by atoms with van der Waals surface area (Å²) in [6.45, 7) is 3.59. The number of nitrogens with one attached hydrogen (secondary N) is 1. The van der Waals surface area contributed by atoms with Gasteiger partial charge in [0.05, 0.1) is 25.6 Å². The van der Waals surface area contributed by atoms with Crippen LogP contribution in [-0.4, -0.2) is 58.6 Å². The van der Waals surface area contributed by atoms with E-state index >= 15 is 0 Å². The number of carbonyl (C=O) groups excluding carboxylic acids is 1. The molecule has 0 atom stereocenters. The fourth-order valence-corrected chi connectivity index (χ4v) is 3.92. The van der Waals surface area contributed by atoms with Gasteiger partial charge in [-0.3, -0.25) is 9.78 Å². The van der Waals surface area contributed by atoms with E-state index in [4.69, 9.17) is 4.74 Å². The van der Waals surface area contributed by atoms with E-state index in [-0.39, 0.29) is 11.7 Å². The monoisotopic (exact) mass is 381 g/mol. The van der Waals surface area contributed by atoms with E-state index in [1.54, 1.807) is 23.2 Å². The van der Waals surface area contributed by atoms with E-state index in [0.29, 0.717) is 44.4 Å². The Morgan fingerprint density at radius 2 is 2.04 bits per heavy atom. The second-order valence-electron chi connectivity index (χ2n) is 7.11. The van der Waals surface area contributed by atoms with Gasteiger partial charge in [-0.2, -0.15) is 0 Å². The fraction of sp³-hybridized carbons (Fsp3) is 0.350. The molecule has 0 spiro atoms. The molecule has 0 bridgehead atoms. The molecule has 1 amide bonds. The van der Waals surface area contributed by atoms with Gasteiger partial charge in [-0.1, -0.05) is 0 Å². The highest BCUT2D eigenvalue weighted by Gasteiger charge is 2.24. The lowest BCUT2D eigenvalue weighted by atomic mass is 10.0. The zero-order chi connectivity index (χ0) is 19.1. The molecular weight excluding hydrogens is 361 g/mol. The predicted molar refractivity (Wildman–Crippen MR) is 102 cm³/mol. The third kappa shape index (κ3) is 2.99. The van der Waals surface area contributed by atoms with Crippen LogP contribution in [0.5, 0.6) is 0 Å². The number of rotatable bonds is 2. The molecule has 0 radical (unpaired) electrons. The molecule has 4 heterocycles. The van der Waals surface area contributed by atoms with Gasteiger partial charge in [0.25, 0.3) is 5.91 Å². The van der Waals surface area contributed by atoms with Gasteiger partial charge in [0.15, 0.2) is 0 Å². The summed E-state index contributed by atoms with van der Waals surface area (Å²) in [5.41, 5.74) is 3.49. The molecular formula is C20H20FN5O2. The summed E-state index contributed by atoms with van der Waals surface area (Å²) in [5, 5.41) is 0.896. The molecule has 2 aromatic heterocycles. The molecule has 144 valence electrons. The standard InChI is InChI=1S/C20H20FN5O2/c21-13-1-2-16-14(9-13)15-12-26(4-3-17(15)23-16)19-11-22-10-18(24-19)20(27)25-5-7-28-8-6-25/h1-2,9-11,23H,3-8,12H2. The Bertz CT molecular complexity index is 1040. The average Bonchev–Trinajstić information content (AvgIpc) is 3.11. The first kappa shape index (κ1) is 17.1. The summed E-state index contributed by atoms with van der Waals surface area (Å²) in [7, 11) is 0. The predicted octanol–water partition coefficient (Wildman–Crippen LogP) is 2.13. The number of fused-ring (bicyclic) bond motifs is 3. The van der Waals surface area contributed by atoms with Crippen molar-refractivity contribution in [2.24, 2.45) is 0 Å². The van der Waals surface area contributed by atoms with Crippen molar-refractivity contribution < 1.29 is 13.9 Å². The number of amides is 1. The number of hydrogen-bond donors (Lipinski definition) is 1. The van der Waals surface area contributed by atoms with Gasteiger partial charge < -0.3 is 19.5 Å². The van der Waals surface area contributed by atoms with Crippen molar-refractivity contribution in [3.63, 3.8) is 0 Å². The summed E-state index contributed by atoms with van der Waals surface area (Å²) < 4.78 is 19.0. The van der Waals surface area contributed by atoms with Gasteiger partial charge in [-0.05, 0) is 18.2 Å². The van der Waals surface area contributed by atoms with Gasteiger partial charge in [0.2, 0.25) is 0 Å². The van der Waals surface area contributed by atoms with Gasteiger partial charge in [-0.25, -0.2) is 9.37 Å². The second-order valence-corrected chi connectivity index (χ2v) is 7.11. The Balaban J connectivity index is 1.42. The van der Waals surface area contributed by atoms with Crippen molar-refractivity contribution >= 4 is 22.6 Å². The maximum atomic E-state index is 13.7. The molecule has 1 fully saturated rings. The molecule has 0 aliphatic carbocycles. The highest BCUT2D eigenvalue weighted by Crippen LogP contribution is 2.30. The number of nitrogens with zero attached hydrogens (tertiary/aromatic N) is 4. The van der Waals surface area contributed by atoms with Gasteiger partial charge >= 0.3 is 0 Å². The first-order valence-corrected chi connectivity index (χ1v) is 9.42. The number of H-pyrrole nitrogens is 1. The molecule has 0 unspecified atom stereocenters. The van der Waals surface area contributed by atoms with Crippen LogP contribution in [0.2, 0.25) is 0 Å². The number of hydrogen-bond acceptors (Lipinski definition) is 5. The second kappa shape index (κ2) is 6.87. The van der Waals surface area contributed by atoms with Crippen LogP contribution in [0.25, 0.3) is 10.9 Å². The average molecular weight is 381 g/mol. The van der Waals surface area contributed by atoms with E-state index in [9.17, 15) is 9.18 Å². The summed E-state index contributed by atoms with van der Waals surface area (Å²) in [6, 6.07) is 4.81. The Kier molecular flexibility index (Phi) is 4.20. The van der Waals surface area contributed by atoms with Crippen molar-refractivity contribution in [1.29, 1.82) is 0 Å². The van der Waals surface area contributed by atoms with Crippen LogP contribution in [0, 0.1) is 5.82 Å². The minimum atomic E-state index is -0.246. The van der Waals surface area contributed by atoms with E-state index in [0.717, 1.165) is 35.1 Å². The minimum absolute atomic E-state index is 0.121. The molecule has 7 nitrogen and oxygen atoms in total. The Morgan fingerprint density at radius 1 is 1.18 bits per heavy atom. The topological polar surface area (TPSA) is 74.4 Å². The molecule has 1 saturated heterocycles. The van der Waals surface area contributed by atoms with Crippen molar-refractivity contribution in [2.45, 2.75) is 13.0 Å². The number of carbonyl (C=O) groups is 1. The van der Waals surface area contributed by atoms with E-state index < -0.39 is 0 Å². The number of morpholine rings is 1. The SMILES string of the molecule is O=C(c1cncc(N2CCc3[nH]c4ccc(F)cc4c3C2)n1)N1CCOCC1. The number of aromatic nitrogens is 3. The van der Waals surface area contributed by atoms with Gasteiger partial charge in [-0.15, -0.1) is 0 Å². The molecule has 2 aliphatic heterocycles. The molecule has 5 rings (SSSR count). The summed E-state index contributed by atoms with van der Waals surface area (Å²) in [6.07, 6.45) is 3.99. The fourth-order valence-electron chi connectivity index (χ4n) is 3.92. The molecule has 28 heavy (non-hydrogen) atoms. The number of aromatic amines is 1. The number of benzene rings is 1. The molecule has 2 aliphatic rings. The van der Waals surface area contributed by atoms with Crippen LogP contribution in [-0.2, 0) is 17.7 Å². The maximum absolute atomic E-state index is 13.7. The highest BCUT2D eigenvalue weighted by molar-refractivity contribution is 5.92. The van der Waals surface area contributed by atoms with Gasteiger partial charge in [0.1, 0.15) is 17.3 Å². The largest absolute Gasteiger partial charge is 0.378 e. The molecule has 1 aromatic carbocycles. The van der Waals surface area contributed by atoms with Crippen molar-refractivity contribution in [3.05, 3.63) is 53.4 Å². The maximum Gasteiger partial charge on any atom is 0.274 e. The van der Waals surface area contributed by atoms with Crippen LogP contribution in [0.3, 0.4) is 0 Å². The Hall–Kier alpha value is -3.00. The zero-order valence-corrected chi connectivity index (χ0v) is 15.3. The quantitative estimate of drug-likeness (QED) is 0.736. The van der Waals surface area contributed by atoms with Crippen LogP contribution < -0.4 is 4.90 Å². The summed E-state index contributed by atoms with van der Waals surface area (Å²) in [5.74, 6) is 0.296. The number of ether oxygens (including phenoxy) is 1. The lowest BCUT2D eigenvalue weighted by Crippen LogP contribution is -2.41. The lowest BCUT2D eigenvalue weighted by molar-refractivity contribution is 0.0299. The smallest absolute Gasteiger partial charge is 0.274 e. The first-order chi connectivity index (χ1) is 13.7. The normalized spacial score (nSPS) is 17.0. The summed E-state index contributed by atoms with van der Waals surface area (Å²) >= 11 is 0. The minimum Gasteiger partial charge on any atom is -0.378 e. The Morgan fingerprint density at radius 3 is 2.89 bits per heavy atom. The Labute approximate surface area is 161 Å². The molecule has 0 saturated carbocycles. The van der Waals surface area contributed by atoms with E-state index in [1.807, 2.05) is 0 Å². The molecule has 1 N–H and O–H groups in total. The summed E-state index contributed by atoms with van der Waals surface area (Å²) in [4.78, 5) is 28.7.